The Morgan fingerprint density at radius 2 is 0.159 bits per heavy atom. The maximum Gasteiger partial charge on any atom is -0.0533 e. The lowest BCUT2D eigenvalue weighted by atomic mass is 10.1. The number of unbranched alkanes of at least 4 members (excludes halogenated alkanes) is 42. The van der Waals surface area contributed by atoms with Crippen molar-refractivity contribution in [2.75, 3.05) is 0 Å². The monoisotopic (exact) mass is 959 g/mol. The summed E-state index contributed by atoms with van der Waals surface area (Å²) >= 11 is 0. The van der Waals surface area contributed by atoms with Gasteiger partial charge in [-0.1, -0.05) is 391 Å². The molecule has 0 saturated carbocycles. The van der Waals surface area contributed by atoms with E-state index >= 15 is 0 Å². The third-order valence-corrected chi connectivity index (χ3v) is 11.7. The summed E-state index contributed by atoms with van der Waals surface area (Å²) in [4.78, 5) is 0. The van der Waals surface area contributed by atoms with Gasteiger partial charge in [0.15, 0.2) is 0 Å². The van der Waals surface area contributed by atoms with E-state index in [2.05, 4.69) is 83.1 Å². The minimum absolute atomic E-state index is 0. The molecule has 0 bridgehead atoms. The molecule has 1 unspecified atom stereocenters. The van der Waals surface area contributed by atoms with Crippen LogP contribution < -0.4 is 0 Å². The van der Waals surface area contributed by atoms with E-state index in [4.69, 9.17) is 0 Å². The van der Waals surface area contributed by atoms with Gasteiger partial charge in [-0.2, -0.15) is 9.90 Å². The van der Waals surface area contributed by atoms with Gasteiger partial charge >= 0.3 is 0 Å². The Bertz CT molecular complexity index is 384. The first-order valence-electron chi connectivity index (χ1n) is 29.5. The molecule has 0 heterocycles. The van der Waals surface area contributed by atoms with E-state index in [9.17, 15) is 0 Å². The average Bonchev–Trinajstić information content (AvgIpc) is 3.27. The van der Waals surface area contributed by atoms with Crippen molar-refractivity contribution in [3.8, 4) is 0 Å². The number of hydrogen-bond donors (Lipinski definition) is 0. The highest BCUT2D eigenvalue weighted by Gasteiger charge is 1.92. The Hall–Kier alpha value is 1.01. The summed E-state index contributed by atoms with van der Waals surface area (Å²) in [5, 5.41) is 0. The molecule has 0 fully saturated rings. The molecule has 0 aromatic carbocycles. The highest BCUT2D eigenvalue weighted by molar-refractivity contribution is 6.92. The summed E-state index contributed by atoms with van der Waals surface area (Å²) in [5.74, 6) is 0. The highest BCUT2D eigenvalue weighted by Crippen LogP contribution is 2.11. The maximum absolute atomic E-state index is 2.27. The predicted molar refractivity (Wildman–Crippen MR) is 315 cm³/mol. The van der Waals surface area contributed by atoms with Crippen molar-refractivity contribution in [3.63, 3.8) is 0 Å². The third-order valence-electron chi connectivity index (χ3n) is 11.7. The molecule has 0 N–H and O–H groups in total. The van der Waals surface area contributed by atoms with E-state index in [-0.39, 0.29) is 34.7 Å². The molecule has 63 heavy (non-hydrogen) atoms. The molecule has 0 aliphatic carbocycles. The number of hydrogen-bond acceptors (Lipinski definition) is 0. The quantitative estimate of drug-likeness (QED) is 0.0422. The molecule has 0 spiro atoms. The van der Waals surface area contributed by atoms with Gasteiger partial charge in [0.25, 0.3) is 0 Å². The van der Waals surface area contributed by atoms with Crippen molar-refractivity contribution in [2.45, 2.75) is 391 Å². The van der Waals surface area contributed by atoms with Crippen molar-refractivity contribution in [3.05, 3.63) is 0 Å². The van der Waals surface area contributed by atoms with Crippen LogP contribution in [0.4, 0.5) is 0 Å². The van der Waals surface area contributed by atoms with Crippen LogP contribution in [0.5, 0.6) is 0 Å². The van der Waals surface area contributed by atoms with Crippen LogP contribution in [0.15, 0.2) is 0 Å². The van der Waals surface area contributed by atoms with Crippen molar-refractivity contribution in [1.82, 2.24) is 0 Å². The molecule has 0 aromatic heterocycles. The van der Waals surface area contributed by atoms with E-state index in [0.29, 0.717) is 0 Å². The van der Waals surface area contributed by atoms with Crippen LogP contribution in [-0.4, -0.2) is 0 Å². The molecule has 0 rings (SSSR count). The number of rotatable bonds is 42. The zero-order valence-electron chi connectivity index (χ0n) is 47.5. The minimum Gasteiger partial charge on any atom is -0.153 e. The lowest BCUT2D eigenvalue weighted by Gasteiger charge is -1.97. The molecule has 0 aliphatic heterocycles. The van der Waals surface area contributed by atoms with Gasteiger partial charge < -0.3 is 0 Å². The predicted octanol–water partition coefficient (Wildman–Crippen LogP) is 25.8. The fourth-order valence-corrected chi connectivity index (χ4v) is 7.24. The van der Waals surface area contributed by atoms with Crippen molar-refractivity contribution in [1.29, 1.82) is 0 Å². The van der Waals surface area contributed by atoms with Gasteiger partial charge in [0, 0.05) is 0 Å². The van der Waals surface area contributed by atoms with Gasteiger partial charge in [-0.25, -0.2) is 0 Å². The standard InChI is InChI=1S/6C10H22.2ClH.H3P/c6*1-3-5-7-9-10-8-6-4-2;;;/h6*3-10H2,1-2H3;2*1H;1H3. The topological polar surface area (TPSA) is 0 Å². The largest absolute Gasteiger partial charge is 0.153 e. The van der Waals surface area contributed by atoms with Gasteiger partial charge in [0.05, 0.1) is 0 Å². The Balaban J connectivity index is -0.0000000786. The first-order valence-corrected chi connectivity index (χ1v) is 29.5. The van der Waals surface area contributed by atoms with Crippen molar-refractivity contribution < 1.29 is 0 Å². The molecule has 0 nitrogen and oxygen atoms in total. The maximum atomic E-state index is 2.27. The molecular formula is C60H137Cl2P. The molecule has 0 aliphatic rings. The summed E-state index contributed by atoms with van der Waals surface area (Å²) in [7, 11) is 0. The van der Waals surface area contributed by atoms with Gasteiger partial charge in [0.2, 0.25) is 0 Å². The highest BCUT2D eigenvalue weighted by atomic mass is 35.5. The summed E-state index contributed by atoms with van der Waals surface area (Å²) in [6, 6.07) is 0. The van der Waals surface area contributed by atoms with Crippen molar-refractivity contribution in [2.24, 2.45) is 0 Å². The van der Waals surface area contributed by atoms with Crippen LogP contribution >= 0.6 is 34.7 Å². The van der Waals surface area contributed by atoms with Gasteiger partial charge in [-0.15, -0.1) is 24.8 Å². The zero-order chi connectivity index (χ0) is 45.9. The van der Waals surface area contributed by atoms with Gasteiger partial charge in [-0.05, 0) is 0 Å². The fraction of sp³-hybridized carbons (Fsp3) is 1.00. The Morgan fingerprint density at radius 1 is 0.111 bits per heavy atom. The van der Waals surface area contributed by atoms with E-state index < -0.39 is 0 Å². The van der Waals surface area contributed by atoms with Crippen molar-refractivity contribution >= 4 is 34.7 Å². The average molecular weight is 961 g/mol. The smallest absolute Gasteiger partial charge is 0.0533 e. The summed E-state index contributed by atoms with van der Waals surface area (Å²) in [6.45, 7) is 27.2. The second-order valence-corrected chi connectivity index (χ2v) is 18.7. The van der Waals surface area contributed by atoms with Crippen LogP contribution in [0.25, 0.3) is 0 Å². The lowest BCUT2D eigenvalue weighted by molar-refractivity contribution is 0.585. The van der Waals surface area contributed by atoms with Crippen LogP contribution in [0, 0.1) is 0 Å². The third kappa shape index (κ3) is 127. The number of halogens is 2. The molecule has 1 atom stereocenters. The molecule has 396 valence electrons. The van der Waals surface area contributed by atoms with E-state index in [1.165, 1.54) is 308 Å². The summed E-state index contributed by atoms with van der Waals surface area (Å²) in [6.07, 6.45) is 68.8. The first-order chi connectivity index (χ1) is 29.5. The second-order valence-electron chi connectivity index (χ2n) is 18.7. The van der Waals surface area contributed by atoms with Crippen LogP contribution in [0.2, 0.25) is 0 Å². The van der Waals surface area contributed by atoms with E-state index in [1.54, 1.807) is 0 Å². The van der Waals surface area contributed by atoms with E-state index in [0.717, 1.165) is 0 Å². The Labute approximate surface area is 423 Å². The van der Waals surface area contributed by atoms with Gasteiger partial charge in [-0.3, -0.25) is 0 Å². The fourth-order valence-electron chi connectivity index (χ4n) is 7.24. The second kappa shape index (κ2) is 101. The Kier molecular flexibility index (Phi) is 134. The first kappa shape index (κ1) is 84.0. The molecule has 0 saturated heterocycles. The zero-order valence-corrected chi connectivity index (χ0v) is 50.5. The molecule has 0 aromatic rings. The van der Waals surface area contributed by atoms with Gasteiger partial charge in [0.1, 0.15) is 0 Å². The van der Waals surface area contributed by atoms with Crippen LogP contribution in [0.1, 0.15) is 391 Å². The van der Waals surface area contributed by atoms with Crippen LogP contribution in [0.3, 0.4) is 0 Å². The molecular weight excluding hydrogens is 823 g/mol. The summed E-state index contributed by atoms with van der Waals surface area (Å²) in [5.41, 5.74) is 0. The molecule has 3 heteroatoms. The lowest BCUT2D eigenvalue weighted by Crippen LogP contribution is -1.77. The van der Waals surface area contributed by atoms with E-state index in [1.807, 2.05) is 0 Å². The summed E-state index contributed by atoms with van der Waals surface area (Å²) < 4.78 is 0. The van der Waals surface area contributed by atoms with Crippen LogP contribution in [-0.2, 0) is 0 Å². The molecule has 0 amide bonds. The Morgan fingerprint density at radius 3 is 0.206 bits per heavy atom. The molecule has 0 radical (unpaired) electrons. The SMILES string of the molecule is CCCCCCCCCC.CCCCCCCCCC.CCCCCCCCCC.CCCCCCCCCC.CCCCCCCCCC.CCCCCCCCCC.Cl.Cl.P. The normalized spacial score (nSPS) is 9.71. The minimum atomic E-state index is 0.